The first-order chi connectivity index (χ1) is 27.7. The molecule has 0 spiro atoms. The van der Waals surface area contributed by atoms with Gasteiger partial charge in [0, 0.05) is 22.3 Å². The van der Waals surface area contributed by atoms with E-state index in [1.165, 1.54) is 0 Å². The molecule has 0 saturated carbocycles. The molecule has 8 aromatic rings. The zero-order valence-electron chi connectivity index (χ0n) is 30.4. The van der Waals surface area contributed by atoms with E-state index in [0.717, 1.165) is 67.3 Å². The van der Waals surface area contributed by atoms with Crippen LogP contribution in [-0.2, 0) is 26.2 Å². The predicted octanol–water partition coefficient (Wildman–Crippen LogP) is 7.54. The van der Waals surface area contributed by atoms with Gasteiger partial charge in [-0.2, -0.15) is 0 Å². The highest BCUT2D eigenvalue weighted by Crippen LogP contribution is 2.25. The molecule has 1 aliphatic rings. The van der Waals surface area contributed by atoms with Gasteiger partial charge in [0.1, 0.15) is 22.8 Å². The molecule has 0 unspecified atom stereocenters. The van der Waals surface area contributed by atoms with Crippen molar-refractivity contribution in [2.24, 2.45) is 0 Å². The van der Waals surface area contributed by atoms with Crippen molar-refractivity contribution in [3.05, 3.63) is 193 Å². The average molecular weight is 733 g/mol. The van der Waals surface area contributed by atoms with Crippen molar-refractivity contribution in [2.45, 2.75) is 26.2 Å². The summed E-state index contributed by atoms with van der Waals surface area (Å²) in [5.74, 6) is 0. The lowest BCUT2D eigenvalue weighted by molar-refractivity contribution is 0.616. The maximum Gasteiger partial charge on any atom is 0.113 e. The Bertz CT molecular complexity index is 2310. The Morgan fingerprint density at radius 3 is 0.714 bits per heavy atom. The number of allylic oxidation sites excluding steroid dienone is 8. The lowest BCUT2D eigenvalue weighted by Gasteiger charge is -2.16. The number of hydrogen-bond donors (Lipinski definition) is 0. The minimum atomic E-state index is 0.490. The molecule has 0 atom stereocenters. The molecule has 4 heterocycles. The van der Waals surface area contributed by atoms with Gasteiger partial charge in [-0.05, 0) is 22.3 Å². The summed E-state index contributed by atoms with van der Waals surface area (Å²) >= 11 is 0. The summed E-state index contributed by atoms with van der Waals surface area (Å²) in [6.07, 6.45) is 16.6. The molecule has 4 aromatic heterocycles. The summed E-state index contributed by atoms with van der Waals surface area (Å²) in [5.41, 5.74) is 11.5. The Morgan fingerprint density at radius 1 is 0.286 bits per heavy atom. The highest BCUT2D eigenvalue weighted by atomic mass is 15.4. The van der Waals surface area contributed by atoms with Crippen LogP contribution in [0.1, 0.15) is 0 Å². The van der Waals surface area contributed by atoms with Crippen LogP contribution in [0.25, 0.3) is 45.0 Å². The van der Waals surface area contributed by atoms with Gasteiger partial charge in [0.25, 0.3) is 0 Å². The third-order valence-electron chi connectivity index (χ3n) is 9.56. The van der Waals surface area contributed by atoms with Crippen LogP contribution < -0.4 is 0 Å². The van der Waals surface area contributed by atoms with Crippen molar-refractivity contribution in [3.63, 3.8) is 0 Å². The highest BCUT2D eigenvalue weighted by Gasteiger charge is 2.16. The van der Waals surface area contributed by atoms with Crippen molar-refractivity contribution >= 4 is 0 Å². The quantitative estimate of drug-likeness (QED) is 0.126. The topological polar surface area (TPSA) is 123 Å². The highest BCUT2D eigenvalue weighted by molar-refractivity contribution is 5.60. The van der Waals surface area contributed by atoms with Crippen LogP contribution in [0.15, 0.2) is 193 Å². The summed E-state index contributed by atoms with van der Waals surface area (Å²) in [6.45, 7) is 1.96. The number of hydrogen-bond acceptors (Lipinski definition) is 8. The first-order valence-corrected chi connectivity index (χ1v) is 18.3. The van der Waals surface area contributed by atoms with Gasteiger partial charge < -0.3 is 0 Å². The van der Waals surface area contributed by atoms with Gasteiger partial charge in [0.2, 0.25) is 0 Å². The number of rotatable bonds is 12. The lowest BCUT2D eigenvalue weighted by atomic mass is 9.98. The van der Waals surface area contributed by atoms with Gasteiger partial charge >= 0.3 is 0 Å². The van der Waals surface area contributed by atoms with E-state index in [-0.39, 0.29) is 0 Å². The maximum atomic E-state index is 4.53. The van der Waals surface area contributed by atoms with Crippen LogP contribution in [0, 0.1) is 0 Å². The predicted molar refractivity (Wildman–Crippen MR) is 214 cm³/mol. The van der Waals surface area contributed by atoms with Crippen LogP contribution in [0.5, 0.6) is 0 Å². The number of aromatic nitrogens is 12. The van der Waals surface area contributed by atoms with Crippen LogP contribution in [0.2, 0.25) is 0 Å². The molecule has 0 aliphatic heterocycles. The van der Waals surface area contributed by atoms with Gasteiger partial charge in [-0.25, -0.2) is 18.7 Å². The van der Waals surface area contributed by atoms with Gasteiger partial charge in [0.05, 0.1) is 51.0 Å². The molecule has 0 amide bonds. The first-order valence-electron chi connectivity index (χ1n) is 18.3. The van der Waals surface area contributed by atoms with Gasteiger partial charge in [-0.3, -0.25) is 0 Å². The minimum absolute atomic E-state index is 0.490. The normalized spacial score (nSPS) is 16.7. The Balaban J connectivity index is 1.08. The molecular weight excluding hydrogens is 697 g/mol. The standard InChI is InChI=1S/C44H36N12/c1-5-13-33(14-6-1)41-29-53(49-45-41)25-37-21-22-39(27-55-31-43(47-51-55)35-17-9-3-10-18-35)40(28-56-32-44(48-52-56)36-19-11-4-12-20-36)24-23-38(37)26-54-30-42(46-50-54)34-15-7-2-8-16-34/h1-24,29-32H,25-28H2/b22-21-,24-23+,37-21?,38-23?,38-37-,39-22?,40-24?,40-39+. The summed E-state index contributed by atoms with van der Waals surface area (Å²) < 4.78 is 7.51. The molecule has 272 valence electrons. The third kappa shape index (κ3) is 7.85. The maximum absolute atomic E-state index is 4.53. The molecule has 12 nitrogen and oxygen atoms in total. The van der Waals surface area contributed by atoms with E-state index in [1.807, 2.05) is 165 Å². The Hall–Kier alpha value is -7.60. The molecule has 4 aromatic carbocycles. The monoisotopic (exact) mass is 732 g/mol. The summed E-state index contributed by atoms with van der Waals surface area (Å²) in [7, 11) is 0. The minimum Gasteiger partial charge on any atom is -0.247 e. The second-order valence-corrected chi connectivity index (χ2v) is 13.4. The van der Waals surface area contributed by atoms with E-state index in [1.54, 1.807) is 0 Å². The van der Waals surface area contributed by atoms with E-state index in [9.17, 15) is 0 Å². The molecule has 0 radical (unpaired) electrons. The number of nitrogens with zero attached hydrogens (tertiary/aromatic N) is 12. The molecule has 0 N–H and O–H groups in total. The van der Waals surface area contributed by atoms with Crippen LogP contribution in [0.3, 0.4) is 0 Å². The van der Waals surface area contributed by atoms with Crippen LogP contribution >= 0.6 is 0 Å². The fraction of sp³-hybridized carbons (Fsp3) is 0.0909. The zero-order valence-corrected chi connectivity index (χ0v) is 30.4. The van der Waals surface area contributed by atoms with E-state index < -0.39 is 0 Å². The second kappa shape index (κ2) is 15.8. The lowest BCUT2D eigenvalue weighted by Crippen LogP contribution is -2.11. The van der Waals surface area contributed by atoms with Crippen molar-refractivity contribution < 1.29 is 0 Å². The Morgan fingerprint density at radius 2 is 0.500 bits per heavy atom. The van der Waals surface area contributed by atoms with Crippen molar-refractivity contribution in [3.8, 4) is 45.0 Å². The molecular formula is C44H36N12. The summed E-state index contributed by atoms with van der Waals surface area (Å²) in [6, 6.07) is 40.3. The smallest absolute Gasteiger partial charge is 0.113 e. The summed E-state index contributed by atoms with van der Waals surface area (Å²) in [5, 5.41) is 36.1. The van der Waals surface area contributed by atoms with E-state index in [2.05, 4.69) is 65.6 Å². The van der Waals surface area contributed by atoms with E-state index in [0.29, 0.717) is 26.2 Å². The van der Waals surface area contributed by atoms with Gasteiger partial charge in [0.15, 0.2) is 0 Å². The zero-order chi connectivity index (χ0) is 37.5. The number of benzene rings is 4. The molecule has 0 bridgehead atoms. The average Bonchev–Trinajstić information content (AvgIpc) is 4.10. The summed E-state index contributed by atoms with van der Waals surface area (Å²) in [4.78, 5) is 0. The molecule has 9 rings (SSSR count). The molecule has 12 heteroatoms. The molecule has 1 aliphatic carbocycles. The van der Waals surface area contributed by atoms with Gasteiger partial charge in [-0.15, -0.1) is 20.4 Å². The largest absolute Gasteiger partial charge is 0.247 e. The Kier molecular flexibility index (Phi) is 9.64. The van der Waals surface area contributed by atoms with Gasteiger partial charge in [-0.1, -0.05) is 166 Å². The van der Waals surface area contributed by atoms with Crippen molar-refractivity contribution in [1.82, 2.24) is 60.0 Å². The molecule has 0 fully saturated rings. The van der Waals surface area contributed by atoms with Crippen molar-refractivity contribution in [1.29, 1.82) is 0 Å². The fourth-order valence-electron chi connectivity index (χ4n) is 6.61. The van der Waals surface area contributed by atoms with E-state index in [4.69, 9.17) is 0 Å². The van der Waals surface area contributed by atoms with Crippen molar-refractivity contribution in [2.75, 3.05) is 0 Å². The fourth-order valence-corrected chi connectivity index (χ4v) is 6.61. The molecule has 56 heavy (non-hydrogen) atoms. The van der Waals surface area contributed by atoms with Crippen LogP contribution in [0.4, 0.5) is 0 Å². The first kappa shape index (κ1) is 34.2. The molecule has 0 saturated heterocycles. The van der Waals surface area contributed by atoms with Crippen LogP contribution in [-0.4, -0.2) is 60.0 Å². The third-order valence-corrected chi connectivity index (χ3v) is 9.56. The second-order valence-electron chi connectivity index (χ2n) is 13.4. The SMILES string of the molecule is C1=C/C(Cn2cc(-c3ccccc3)nn2)=C(Cn2cc(-c3ccccc3)nn2)/C=C/C(Cn2cc(-c3ccccc3)nn2)=C\1Cn1cc(-c2ccccc2)nn1. The van der Waals surface area contributed by atoms with E-state index >= 15 is 0 Å². The Labute approximate surface area is 323 Å².